The van der Waals surface area contributed by atoms with Crippen molar-refractivity contribution in [2.24, 2.45) is 0 Å². The van der Waals surface area contributed by atoms with Crippen LogP contribution in [0.4, 0.5) is 0 Å². The van der Waals surface area contributed by atoms with Gasteiger partial charge >= 0.3 is 0 Å². The molecular formula is C13H23N3O. The van der Waals surface area contributed by atoms with Crippen molar-refractivity contribution < 1.29 is 4.74 Å². The van der Waals surface area contributed by atoms with E-state index in [4.69, 9.17) is 4.74 Å². The zero-order valence-corrected chi connectivity index (χ0v) is 11.3. The lowest BCUT2D eigenvalue weighted by molar-refractivity contribution is 0.0697. The lowest BCUT2D eigenvalue weighted by Crippen LogP contribution is -2.17. The van der Waals surface area contributed by atoms with Crippen molar-refractivity contribution in [1.82, 2.24) is 15.3 Å². The Morgan fingerprint density at radius 3 is 2.76 bits per heavy atom. The van der Waals surface area contributed by atoms with Gasteiger partial charge in [-0.3, -0.25) is 0 Å². The normalized spacial score (nSPS) is 12.7. The Labute approximate surface area is 104 Å². The molecule has 0 aliphatic heterocycles. The summed E-state index contributed by atoms with van der Waals surface area (Å²) in [5, 5.41) is 3.35. The summed E-state index contributed by atoms with van der Waals surface area (Å²) >= 11 is 0. The number of aromatic nitrogens is 2. The first-order valence-electron chi connectivity index (χ1n) is 6.34. The van der Waals surface area contributed by atoms with Crippen LogP contribution >= 0.6 is 0 Å². The molecular weight excluding hydrogens is 214 g/mol. The second-order valence-electron chi connectivity index (χ2n) is 4.13. The zero-order valence-electron chi connectivity index (χ0n) is 11.3. The maximum atomic E-state index is 5.52. The average Bonchev–Trinajstić information content (AvgIpc) is 2.29. The first kappa shape index (κ1) is 14.1. The first-order valence-corrected chi connectivity index (χ1v) is 6.34. The highest BCUT2D eigenvalue weighted by Crippen LogP contribution is 2.13. The van der Waals surface area contributed by atoms with Crippen LogP contribution in [0.5, 0.6) is 0 Å². The Morgan fingerprint density at radius 2 is 2.12 bits per heavy atom. The van der Waals surface area contributed by atoms with Crippen molar-refractivity contribution in [2.45, 2.75) is 46.8 Å². The minimum atomic E-state index is -0.0372. The molecule has 0 saturated heterocycles. The van der Waals surface area contributed by atoms with E-state index < -0.39 is 0 Å². The Hall–Kier alpha value is -1.00. The van der Waals surface area contributed by atoms with Crippen LogP contribution in [-0.4, -0.2) is 23.1 Å². The standard InChI is InChI=1S/C13H23N3O/c1-5-7-14-9-12-8-10(3)15-13(16-12)11(4)17-6-2/h8,11,14H,5-7,9H2,1-4H3. The van der Waals surface area contributed by atoms with Crippen LogP contribution in [0.25, 0.3) is 0 Å². The van der Waals surface area contributed by atoms with Crippen molar-refractivity contribution in [3.63, 3.8) is 0 Å². The van der Waals surface area contributed by atoms with E-state index in [0.717, 1.165) is 36.7 Å². The molecule has 0 aromatic carbocycles. The Kier molecular flexibility index (Phi) is 6.08. The molecule has 4 nitrogen and oxygen atoms in total. The second kappa shape index (κ2) is 7.35. The number of rotatable bonds is 7. The fourth-order valence-corrected chi connectivity index (χ4v) is 1.65. The van der Waals surface area contributed by atoms with Crippen LogP contribution in [0.1, 0.15) is 50.5 Å². The molecule has 1 aromatic rings. The van der Waals surface area contributed by atoms with E-state index in [0.29, 0.717) is 6.61 Å². The van der Waals surface area contributed by atoms with Gasteiger partial charge in [0.25, 0.3) is 0 Å². The fraction of sp³-hybridized carbons (Fsp3) is 0.692. The number of aryl methyl sites for hydroxylation is 1. The predicted molar refractivity (Wildman–Crippen MR) is 68.8 cm³/mol. The van der Waals surface area contributed by atoms with Gasteiger partial charge in [-0.05, 0) is 39.8 Å². The molecule has 0 bridgehead atoms. The van der Waals surface area contributed by atoms with Crippen LogP contribution in [0.3, 0.4) is 0 Å². The highest BCUT2D eigenvalue weighted by atomic mass is 16.5. The third kappa shape index (κ3) is 4.79. The lowest BCUT2D eigenvalue weighted by atomic mass is 10.3. The van der Waals surface area contributed by atoms with Crippen LogP contribution in [0.2, 0.25) is 0 Å². The van der Waals surface area contributed by atoms with Gasteiger partial charge in [0.1, 0.15) is 6.10 Å². The van der Waals surface area contributed by atoms with Gasteiger partial charge < -0.3 is 10.1 Å². The van der Waals surface area contributed by atoms with Gasteiger partial charge in [0.2, 0.25) is 0 Å². The van der Waals surface area contributed by atoms with E-state index in [1.54, 1.807) is 0 Å². The number of nitrogens with zero attached hydrogens (tertiary/aromatic N) is 2. The van der Waals surface area contributed by atoms with Crippen LogP contribution in [-0.2, 0) is 11.3 Å². The summed E-state index contributed by atoms with van der Waals surface area (Å²) in [5.41, 5.74) is 2.03. The minimum Gasteiger partial charge on any atom is -0.371 e. The third-order valence-electron chi connectivity index (χ3n) is 2.44. The van der Waals surface area contributed by atoms with Crippen molar-refractivity contribution in [3.8, 4) is 0 Å². The van der Waals surface area contributed by atoms with Crippen LogP contribution in [0.15, 0.2) is 6.07 Å². The Morgan fingerprint density at radius 1 is 1.35 bits per heavy atom. The molecule has 0 aliphatic carbocycles. The predicted octanol–water partition coefficient (Wildman–Crippen LogP) is 2.38. The van der Waals surface area contributed by atoms with Crippen molar-refractivity contribution in [3.05, 3.63) is 23.3 Å². The highest BCUT2D eigenvalue weighted by Gasteiger charge is 2.10. The molecule has 0 spiro atoms. The van der Waals surface area contributed by atoms with Crippen LogP contribution in [0, 0.1) is 6.92 Å². The Bertz CT molecular complexity index is 341. The fourth-order valence-electron chi connectivity index (χ4n) is 1.65. The molecule has 0 amide bonds. The lowest BCUT2D eigenvalue weighted by Gasteiger charge is -2.12. The first-order chi connectivity index (χ1) is 8.17. The highest BCUT2D eigenvalue weighted by molar-refractivity contribution is 5.11. The summed E-state index contributed by atoms with van der Waals surface area (Å²) in [6.45, 7) is 10.6. The van der Waals surface area contributed by atoms with Gasteiger partial charge in [-0.2, -0.15) is 0 Å². The minimum absolute atomic E-state index is 0.0372. The third-order valence-corrected chi connectivity index (χ3v) is 2.44. The second-order valence-corrected chi connectivity index (χ2v) is 4.13. The molecule has 0 radical (unpaired) electrons. The van der Waals surface area contributed by atoms with Gasteiger partial charge in [-0.1, -0.05) is 6.92 Å². The quantitative estimate of drug-likeness (QED) is 0.740. The van der Waals surface area contributed by atoms with Crippen molar-refractivity contribution in [2.75, 3.05) is 13.2 Å². The molecule has 1 unspecified atom stereocenters. The molecule has 1 aromatic heterocycles. The number of nitrogens with one attached hydrogen (secondary N) is 1. The summed E-state index contributed by atoms with van der Waals surface area (Å²) in [7, 11) is 0. The van der Waals surface area contributed by atoms with Gasteiger partial charge in [-0.25, -0.2) is 9.97 Å². The number of hydrogen-bond donors (Lipinski definition) is 1. The van der Waals surface area contributed by atoms with Crippen LogP contribution < -0.4 is 5.32 Å². The smallest absolute Gasteiger partial charge is 0.157 e. The van der Waals surface area contributed by atoms with E-state index in [1.807, 2.05) is 26.8 Å². The maximum absolute atomic E-state index is 5.52. The van der Waals surface area contributed by atoms with Gasteiger partial charge in [0.15, 0.2) is 5.82 Å². The topological polar surface area (TPSA) is 47.0 Å². The summed E-state index contributed by atoms with van der Waals surface area (Å²) in [6.07, 6.45) is 1.09. The zero-order chi connectivity index (χ0) is 12.7. The summed E-state index contributed by atoms with van der Waals surface area (Å²) in [5.74, 6) is 0.778. The number of ether oxygens (including phenoxy) is 1. The Balaban J connectivity index is 2.71. The summed E-state index contributed by atoms with van der Waals surface area (Å²) in [6, 6.07) is 2.02. The molecule has 1 heterocycles. The van der Waals surface area contributed by atoms with E-state index in [9.17, 15) is 0 Å². The maximum Gasteiger partial charge on any atom is 0.157 e. The average molecular weight is 237 g/mol. The van der Waals surface area contributed by atoms with Crippen molar-refractivity contribution >= 4 is 0 Å². The largest absolute Gasteiger partial charge is 0.371 e. The summed E-state index contributed by atoms with van der Waals surface area (Å²) in [4.78, 5) is 8.94. The van der Waals surface area contributed by atoms with Crippen molar-refractivity contribution in [1.29, 1.82) is 0 Å². The monoisotopic (exact) mass is 237 g/mol. The summed E-state index contributed by atoms with van der Waals surface area (Å²) < 4.78 is 5.52. The van der Waals surface area contributed by atoms with Gasteiger partial charge in [-0.15, -0.1) is 0 Å². The molecule has 0 fully saturated rings. The molecule has 4 heteroatoms. The molecule has 1 N–H and O–H groups in total. The molecule has 1 atom stereocenters. The van der Waals surface area contributed by atoms with Gasteiger partial charge in [0.05, 0.1) is 5.69 Å². The molecule has 0 saturated carbocycles. The van der Waals surface area contributed by atoms with E-state index in [-0.39, 0.29) is 6.10 Å². The van der Waals surface area contributed by atoms with E-state index in [2.05, 4.69) is 22.2 Å². The van der Waals surface area contributed by atoms with E-state index in [1.165, 1.54) is 0 Å². The van der Waals surface area contributed by atoms with E-state index >= 15 is 0 Å². The molecule has 96 valence electrons. The SMILES string of the molecule is CCCNCc1cc(C)nc(C(C)OCC)n1. The molecule has 0 aliphatic rings. The van der Waals surface area contributed by atoms with Gasteiger partial charge in [0, 0.05) is 18.8 Å². The molecule has 17 heavy (non-hydrogen) atoms. The molecule has 1 rings (SSSR count). The number of hydrogen-bond acceptors (Lipinski definition) is 4.